The maximum atomic E-state index is 5.55. The molecule has 2 heterocycles. The van der Waals surface area contributed by atoms with Crippen LogP contribution in [0.3, 0.4) is 0 Å². The molecule has 21 heavy (non-hydrogen) atoms. The van der Waals surface area contributed by atoms with Crippen LogP contribution in [0.15, 0.2) is 6.33 Å². The van der Waals surface area contributed by atoms with Crippen LogP contribution in [-0.2, 0) is 15.9 Å². The van der Waals surface area contributed by atoms with E-state index in [4.69, 9.17) is 9.47 Å². The van der Waals surface area contributed by atoms with Gasteiger partial charge in [-0.25, -0.2) is 9.67 Å². The van der Waals surface area contributed by atoms with Crippen LogP contribution in [-0.4, -0.2) is 54.8 Å². The highest BCUT2D eigenvalue weighted by atomic mass is 16.5. The largest absolute Gasteiger partial charge is 0.383 e. The van der Waals surface area contributed by atoms with Crippen LogP contribution in [0.4, 0.5) is 0 Å². The van der Waals surface area contributed by atoms with E-state index >= 15 is 0 Å². The summed E-state index contributed by atoms with van der Waals surface area (Å²) in [5, 5.41) is 7.88. The van der Waals surface area contributed by atoms with Crippen molar-refractivity contribution in [2.75, 3.05) is 40.0 Å². The van der Waals surface area contributed by atoms with Crippen LogP contribution < -0.4 is 5.32 Å². The van der Waals surface area contributed by atoms with Crippen LogP contribution in [0.25, 0.3) is 0 Å². The Balaban J connectivity index is 2.03. The maximum absolute atomic E-state index is 5.55. The van der Waals surface area contributed by atoms with E-state index in [2.05, 4.69) is 29.2 Å². The van der Waals surface area contributed by atoms with E-state index in [0.29, 0.717) is 6.04 Å². The van der Waals surface area contributed by atoms with Gasteiger partial charge in [0.2, 0.25) is 0 Å². The van der Waals surface area contributed by atoms with Gasteiger partial charge in [0.1, 0.15) is 12.2 Å². The predicted molar refractivity (Wildman–Crippen MR) is 81.3 cm³/mol. The number of aromatic nitrogens is 3. The number of hydrogen-bond acceptors (Lipinski definition) is 5. The van der Waals surface area contributed by atoms with Crippen molar-refractivity contribution in [3.8, 4) is 0 Å². The van der Waals surface area contributed by atoms with Gasteiger partial charge < -0.3 is 14.8 Å². The molecule has 1 aromatic rings. The van der Waals surface area contributed by atoms with Gasteiger partial charge in [-0.15, -0.1) is 0 Å². The minimum absolute atomic E-state index is 0.214. The van der Waals surface area contributed by atoms with Crippen molar-refractivity contribution in [3.05, 3.63) is 12.2 Å². The third-order valence-corrected chi connectivity index (χ3v) is 4.21. The fourth-order valence-electron chi connectivity index (χ4n) is 2.92. The normalized spacial score (nSPS) is 18.3. The van der Waals surface area contributed by atoms with Crippen molar-refractivity contribution in [2.45, 2.75) is 39.2 Å². The van der Waals surface area contributed by atoms with Gasteiger partial charge in [0.05, 0.1) is 6.61 Å². The van der Waals surface area contributed by atoms with Crippen LogP contribution in [0.5, 0.6) is 0 Å². The molecule has 1 N–H and O–H groups in total. The lowest BCUT2D eigenvalue weighted by Gasteiger charge is -2.37. The Labute approximate surface area is 127 Å². The maximum Gasteiger partial charge on any atom is 0.138 e. The molecule has 1 saturated heterocycles. The molecule has 1 aliphatic rings. The molecule has 0 bridgehead atoms. The zero-order chi connectivity index (χ0) is 15.1. The first kappa shape index (κ1) is 16.4. The van der Waals surface area contributed by atoms with Gasteiger partial charge >= 0.3 is 0 Å². The Morgan fingerprint density at radius 3 is 2.86 bits per heavy atom. The zero-order valence-corrected chi connectivity index (χ0v) is 13.5. The molecule has 0 atom stereocenters. The van der Waals surface area contributed by atoms with Crippen molar-refractivity contribution in [1.82, 2.24) is 20.1 Å². The highest BCUT2D eigenvalue weighted by Crippen LogP contribution is 2.33. The first-order chi connectivity index (χ1) is 10.2. The molecule has 0 amide bonds. The fraction of sp³-hybridized carbons (Fsp3) is 0.867. The number of nitrogens with one attached hydrogen (secondary N) is 1. The molecular formula is C15H28N4O2. The second-order valence-electron chi connectivity index (χ2n) is 6.17. The summed E-state index contributed by atoms with van der Waals surface area (Å²) < 4.78 is 12.7. The van der Waals surface area contributed by atoms with Gasteiger partial charge in [-0.1, -0.05) is 0 Å². The standard InChI is InChI=1S/C15H28N4O2/c1-13(2)19-14(17-12-18-19)10-15(4-7-21-8-5-15)11-16-6-9-20-3/h12-13,16H,4-11H2,1-3H3. The van der Waals surface area contributed by atoms with Gasteiger partial charge in [-0.3, -0.25) is 0 Å². The highest BCUT2D eigenvalue weighted by Gasteiger charge is 2.34. The van der Waals surface area contributed by atoms with Gasteiger partial charge in [0.25, 0.3) is 0 Å². The molecule has 0 aromatic carbocycles. The number of ether oxygens (including phenoxy) is 2. The predicted octanol–water partition coefficient (Wildman–Crippen LogP) is 1.43. The van der Waals surface area contributed by atoms with Crippen molar-refractivity contribution in [3.63, 3.8) is 0 Å². The zero-order valence-electron chi connectivity index (χ0n) is 13.5. The molecule has 2 rings (SSSR count). The minimum atomic E-state index is 0.214. The number of methoxy groups -OCH3 is 1. The SMILES string of the molecule is COCCNCC1(Cc2ncnn2C(C)C)CCOCC1. The van der Waals surface area contributed by atoms with E-state index in [9.17, 15) is 0 Å². The lowest BCUT2D eigenvalue weighted by molar-refractivity contribution is 0.0128. The summed E-state index contributed by atoms with van der Waals surface area (Å²) >= 11 is 0. The lowest BCUT2D eigenvalue weighted by Crippen LogP contribution is -2.42. The summed E-state index contributed by atoms with van der Waals surface area (Å²) in [6.45, 7) is 8.57. The van der Waals surface area contributed by atoms with Crippen molar-refractivity contribution < 1.29 is 9.47 Å². The van der Waals surface area contributed by atoms with Crippen LogP contribution in [0, 0.1) is 5.41 Å². The molecule has 0 unspecified atom stereocenters. The van der Waals surface area contributed by atoms with Crippen LogP contribution in [0.1, 0.15) is 38.6 Å². The summed E-state index contributed by atoms with van der Waals surface area (Å²) in [4.78, 5) is 4.48. The third-order valence-electron chi connectivity index (χ3n) is 4.21. The van der Waals surface area contributed by atoms with E-state index in [0.717, 1.165) is 58.0 Å². The van der Waals surface area contributed by atoms with E-state index < -0.39 is 0 Å². The minimum Gasteiger partial charge on any atom is -0.383 e. The lowest BCUT2D eigenvalue weighted by atomic mass is 9.77. The molecule has 1 aromatic heterocycles. The van der Waals surface area contributed by atoms with E-state index in [1.54, 1.807) is 13.4 Å². The molecule has 0 radical (unpaired) electrons. The number of hydrogen-bond donors (Lipinski definition) is 1. The monoisotopic (exact) mass is 296 g/mol. The first-order valence-corrected chi connectivity index (χ1v) is 7.83. The van der Waals surface area contributed by atoms with E-state index in [1.807, 2.05) is 4.68 Å². The summed E-state index contributed by atoms with van der Waals surface area (Å²) in [5.41, 5.74) is 0.214. The molecule has 0 saturated carbocycles. The quantitative estimate of drug-likeness (QED) is 0.735. The van der Waals surface area contributed by atoms with Gasteiger partial charge in [-0.2, -0.15) is 5.10 Å². The average molecular weight is 296 g/mol. The summed E-state index contributed by atoms with van der Waals surface area (Å²) in [7, 11) is 1.73. The third kappa shape index (κ3) is 4.49. The highest BCUT2D eigenvalue weighted by molar-refractivity contribution is 4.97. The molecular weight excluding hydrogens is 268 g/mol. The summed E-state index contributed by atoms with van der Waals surface area (Å²) in [6, 6.07) is 0.348. The van der Waals surface area contributed by atoms with Crippen molar-refractivity contribution >= 4 is 0 Å². The van der Waals surface area contributed by atoms with E-state index in [1.165, 1.54) is 0 Å². The van der Waals surface area contributed by atoms with Gasteiger partial charge in [0.15, 0.2) is 0 Å². The summed E-state index contributed by atoms with van der Waals surface area (Å²) in [6.07, 6.45) is 4.76. The Hall–Kier alpha value is -0.980. The Kier molecular flexibility index (Phi) is 6.14. The van der Waals surface area contributed by atoms with Gasteiger partial charge in [-0.05, 0) is 32.1 Å². The first-order valence-electron chi connectivity index (χ1n) is 7.83. The second-order valence-corrected chi connectivity index (χ2v) is 6.17. The Bertz CT molecular complexity index is 414. The summed E-state index contributed by atoms with van der Waals surface area (Å²) in [5.74, 6) is 1.08. The molecule has 0 aliphatic carbocycles. The molecule has 1 fully saturated rings. The topological polar surface area (TPSA) is 61.2 Å². The fourth-order valence-corrected chi connectivity index (χ4v) is 2.92. The van der Waals surface area contributed by atoms with Crippen molar-refractivity contribution in [1.29, 1.82) is 0 Å². The van der Waals surface area contributed by atoms with Crippen molar-refractivity contribution in [2.24, 2.45) is 5.41 Å². The number of rotatable bonds is 8. The smallest absolute Gasteiger partial charge is 0.138 e. The van der Waals surface area contributed by atoms with Crippen LogP contribution in [0.2, 0.25) is 0 Å². The average Bonchev–Trinajstić information content (AvgIpc) is 2.93. The van der Waals surface area contributed by atoms with Gasteiger partial charge in [0, 0.05) is 45.9 Å². The number of nitrogens with zero attached hydrogens (tertiary/aromatic N) is 3. The van der Waals surface area contributed by atoms with E-state index in [-0.39, 0.29) is 5.41 Å². The molecule has 6 heteroatoms. The molecule has 120 valence electrons. The molecule has 0 spiro atoms. The Morgan fingerprint density at radius 1 is 1.43 bits per heavy atom. The molecule has 1 aliphatic heterocycles. The Morgan fingerprint density at radius 2 is 2.19 bits per heavy atom. The second kappa shape index (κ2) is 7.87. The van der Waals surface area contributed by atoms with Crippen LogP contribution >= 0.6 is 0 Å². The molecule has 6 nitrogen and oxygen atoms in total.